The summed E-state index contributed by atoms with van der Waals surface area (Å²) < 4.78 is 0. The first kappa shape index (κ1) is 15.8. The fourth-order valence-electron chi connectivity index (χ4n) is 2.66. The van der Waals surface area contributed by atoms with Crippen molar-refractivity contribution in [1.82, 2.24) is 5.32 Å². The largest absolute Gasteiger partial charge is 0.409 e. The number of hydrogen-bond donors (Lipinski definition) is 3. The van der Waals surface area contributed by atoms with Gasteiger partial charge in [-0.1, -0.05) is 50.6 Å². The molecule has 0 aromatic heterocycles. The Morgan fingerprint density at radius 3 is 2.42 bits per heavy atom. The number of nitrogens with zero attached hydrogens (tertiary/aromatic N) is 1. The molecule has 1 saturated carbocycles. The molecule has 0 aromatic carbocycles. The van der Waals surface area contributed by atoms with Crippen LogP contribution in [0, 0.1) is 5.92 Å². The third kappa shape index (κ3) is 5.49. The standard InChI is InChI=1S/C14H27N3O2/c1-2-8-12(13(15)17-19)16-14(18)11-9-6-4-3-5-7-10-11/h11-12,19H,2-10H2,1H3,(H2,15,17)(H,16,18). The Labute approximate surface area is 115 Å². The smallest absolute Gasteiger partial charge is 0.223 e. The Morgan fingerprint density at radius 2 is 1.89 bits per heavy atom. The van der Waals surface area contributed by atoms with E-state index >= 15 is 0 Å². The van der Waals surface area contributed by atoms with E-state index in [0.717, 1.165) is 32.1 Å². The Balaban J connectivity index is 2.53. The molecule has 1 unspecified atom stereocenters. The van der Waals surface area contributed by atoms with Crippen molar-refractivity contribution in [2.75, 3.05) is 0 Å². The van der Waals surface area contributed by atoms with Crippen LogP contribution >= 0.6 is 0 Å². The quantitative estimate of drug-likeness (QED) is 0.310. The molecule has 4 N–H and O–H groups in total. The normalized spacial score (nSPS) is 20.4. The van der Waals surface area contributed by atoms with E-state index in [1.165, 1.54) is 19.3 Å². The highest BCUT2D eigenvalue weighted by Crippen LogP contribution is 2.22. The van der Waals surface area contributed by atoms with Gasteiger partial charge in [0.15, 0.2) is 5.84 Å². The van der Waals surface area contributed by atoms with Gasteiger partial charge < -0.3 is 16.3 Å². The Bertz CT molecular complexity index is 297. The number of rotatable bonds is 5. The molecule has 0 saturated heterocycles. The van der Waals surface area contributed by atoms with Crippen LogP contribution in [0.3, 0.4) is 0 Å². The predicted octanol–water partition coefficient (Wildman–Crippen LogP) is 2.38. The van der Waals surface area contributed by atoms with Gasteiger partial charge in [0.2, 0.25) is 5.91 Å². The average molecular weight is 269 g/mol. The molecule has 19 heavy (non-hydrogen) atoms. The second kappa shape index (κ2) is 8.77. The van der Waals surface area contributed by atoms with Gasteiger partial charge in [0.25, 0.3) is 0 Å². The molecule has 1 atom stereocenters. The molecule has 0 spiro atoms. The Hall–Kier alpha value is -1.26. The summed E-state index contributed by atoms with van der Waals surface area (Å²) in [7, 11) is 0. The van der Waals surface area contributed by atoms with E-state index in [-0.39, 0.29) is 23.7 Å². The minimum Gasteiger partial charge on any atom is -0.409 e. The molecule has 1 rings (SSSR count). The Morgan fingerprint density at radius 1 is 1.32 bits per heavy atom. The second-order valence-electron chi connectivity index (χ2n) is 5.42. The lowest BCUT2D eigenvalue weighted by molar-refractivity contribution is -0.126. The van der Waals surface area contributed by atoms with Gasteiger partial charge in [-0.15, -0.1) is 0 Å². The van der Waals surface area contributed by atoms with E-state index in [2.05, 4.69) is 10.5 Å². The van der Waals surface area contributed by atoms with E-state index in [0.29, 0.717) is 6.42 Å². The topological polar surface area (TPSA) is 87.7 Å². The van der Waals surface area contributed by atoms with Gasteiger partial charge in [0.1, 0.15) is 0 Å². The fraction of sp³-hybridized carbons (Fsp3) is 0.857. The molecular formula is C14H27N3O2. The van der Waals surface area contributed by atoms with Crippen molar-refractivity contribution in [3.8, 4) is 0 Å². The lowest BCUT2D eigenvalue weighted by Gasteiger charge is -2.23. The third-order valence-electron chi connectivity index (χ3n) is 3.84. The number of amidine groups is 1. The maximum Gasteiger partial charge on any atom is 0.223 e. The van der Waals surface area contributed by atoms with Gasteiger partial charge >= 0.3 is 0 Å². The second-order valence-corrected chi connectivity index (χ2v) is 5.42. The molecule has 1 fully saturated rings. The molecule has 0 aliphatic heterocycles. The molecule has 110 valence electrons. The van der Waals surface area contributed by atoms with Crippen molar-refractivity contribution in [2.45, 2.75) is 70.8 Å². The number of nitrogens with one attached hydrogen (secondary N) is 1. The maximum absolute atomic E-state index is 12.3. The molecule has 5 nitrogen and oxygen atoms in total. The van der Waals surface area contributed by atoms with E-state index in [1.54, 1.807) is 0 Å². The number of amides is 1. The van der Waals surface area contributed by atoms with Gasteiger partial charge in [0.05, 0.1) is 6.04 Å². The van der Waals surface area contributed by atoms with Crippen molar-refractivity contribution >= 4 is 11.7 Å². The maximum atomic E-state index is 12.3. The highest BCUT2D eigenvalue weighted by molar-refractivity contribution is 5.90. The van der Waals surface area contributed by atoms with Crippen LogP contribution in [-0.2, 0) is 4.79 Å². The van der Waals surface area contributed by atoms with Crippen molar-refractivity contribution in [2.24, 2.45) is 16.8 Å². The summed E-state index contributed by atoms with van der Waals surface area (Å²) in [6.07, 6.45) is 9.49. The summed E-state index contributed by atoms with van der Waals surface area (Å²) in [4.78, 5) is 12.3. The predicted molar refractivity (Wildman–Crippen MR) is 76.1 cm³/mol. The van der Waals surface area contributed by atoms with Gasteiger partial charge in [-0.25, -0.2) is 0 Å². The zero-order valence-electron chi connectivity index (χ0n) is 11.9. The minimum absolute atomic E-state index is 0.0620. The molecule has 1 aliphatic rings. The first-order valence-corrected chi connectivity index (χ1v) is 7.46. The number of oxime groups is 1. The number of hydrogen-bond acceptors (Lipinski definition) is 3. The summed E-state index contributed by atoms with van der Waals surface area (Å²) in [5.74, 6) is 0.249. The monoisotopic (exact) mass is 269 g/mol. The Kier molecular flexibility index (Phi) is 7.30. The SMILES string of the molecule is CCCC(NC(=O)C1CCCCCCC1)C(N)=NO. The first-order chi connectivity index (χ1) is 9.19. The summed E-state index contributed by atoms with van der Waals surface area (Å²) in [5, 5.41) is 14.7. The summed E-state index contributed by atoms with van der Waals surface area (Å²) in [6, 6.07) is -0.340. The number of nitrogens with two attached hydrogens (primary N) is 1. The van der Waals surface area contributed by atoms with Crippen molar-refractivity contribution < 1.29 is 10.0 Å². The van der Waals surface area contributed by atoms with Crippen LogP contribution in [0.15, 0.2) is 5.16 Å². The molecule has 1 aliphatic carbocycles. The molecular weight excluding hydrogens is 242 g/mol. The molecule has 0 aromatic rings. The highest BCUT2D eigenvalue weighted by Gasteiger charge is 2.23. The van der Waals surface area contributed by atoms with Crippen molar-refractivity contribution in [3.63, 3.8) is 0 Å². The van der Waals surface area contributed by atoms with E-state index in [1.807, 2.05) is 6.92 Å². The number of carbonyl (C=O) groups excluding carboxylic acids is 1. The zero-order chi connectivity index (χ0) is 14.1. The van der Waals surface area contributed by atoms with Gasteiger partial charge in [-0.3, -0.25) is 4.79 Å². The summed E-state index contributed by atoms with van der Waals surface area (Å²) >= 11 is 0. The van der Waals surface area contributed by atoms with Crippen LogP contribution in [0.4, 0.5) is 0 Å². The van der Waals surface area contributed by atoms with Crippen molar-refractivity contribution in [1.29, 1.82) is 0 Å². The first-order valence-electron chi connectivity index (χ1n) is 7.46. The third-order valence-corrected chi connectivity index (χ3v) is 3.84. The van der Waals surface area contributed by atoms with Gasteiger partial charge in [-0.2, -0.15) is 0 Å². The summed E-state index contributed by atoms with van der Waals surface area (Å²) in [5.41, 5.74) is 5.62. The molecule has 5 heteroatoms. The number of carbonyl (C=O) groups is 1. The lowest BCUT2D eigenvalue weighted by Crippen LogP contribution is -2.46. The van der Waals surface area contributed by atoms with Crippen molar-refractivity contribution in [3.05, 3.63) is 0 Å². The molecule has 0 heterocycles. The average Bonchev–Trinajstić information content (AvgIpc) is 2.36. The van der Waals surface area contributed by atoms with Crippen LogP contribution in [-0.4, -0.2) is 23.0 Å². The van der Waals surface area contributed by atoms with Crippen LogP contribution in [0.2, 0.25) is 0 Å². The van der Waals surface area contributed by atoms with Crippen LogP contribution in [0.25, 0.3) is 0 Å². The van der Waals surface area contributed by atoms with Crippen LogP contribution < -0.4 is 11.1 Å². The molecule has 1 amide bonds. The van der Waals surface area contributed by atoms with Crippen LogP contribution in [0.1, 0.15) is 64.7 Å². The van der Waals surface area contributed by atoms with Crippen LogP contribution in [0.5, 0.6) is 0 Å². The van der Waals surface area contributed by atoms with E-state index < -0.39 is 0 Å². The summed E-state index contributed by atoms with van der Waals surface area (Å²) in [6.45, 7) is 2.01. The lowest BCUT2D eigenvalue weighted by atomic mass is 9.90. The molecule has 0 radical (unpaired) electrons. The van der Waals surface area contributed by atoms with Gasteiger partial charge in [-0.05, 0) is 19.3 Å². The van der Waals surface area contributed by atoms with E-state index in [9.17, 15) is 4.79 Å². The minimum atomic E-state index is -0.340. The highest BCUT2D eigenvalue weighted by atomic mass is 16.4. The molecule has 0 bridgehead atoms. The van der Waals surface area contributed by atoms with E-state index in [4.69, 9.17) is 10.9 Å². The fourth-order valence-corrected chi connectivity index (χ4v) is 2.66. The van der Waals surface area contributed by atoms with Gasteiger partial charge in [0, 0.05) is 5.92 Å². The zero-order valence-corrected chi connectivity index (χ0v) is 11.9.